The highest BCUT2D eigenvalue weighted by molar-refractivity contribution is 5.85. The van der Waals surface area contributed by atoms with Gasteiger partial charge in [0.2, 0.25) is 0 Å². The van der Waals surface area contributed by atoms with Gasteiger partial charge in [0.25, 0.3) is 0 Å². The van der Waals surface area contributed by atoms with Crippen LogP contribution in [0.1, 0.15) is 12.8 Å². The molecule has 1 N–H and O–H groups in total. The van der Waals surface area contributed by atoms with Crippen LogP contribution in [-0.2, 0) is 0 Å². The van der Waals surface area contributed by atoms with Crippen LogP contribution >= 0.6 is 12.4 Å². The summed E-state index contributed by atoms with van der Waals surface area (Å²) in [6, 6.07) is 6.47. The van der Waals surface area contributed by atoms with Crippen molar-refractivity contribution in [3.8, 4) is 11.5 Å². The van der Waals surface area contributed by atoms with Crippen LogP contribution in [0.4, 0.5) is 13.2 Å². The first-order valence-corrected chi connectivity index (χ1v) is 6.67. The number of nitrogens with one attached hydrogen (secondary N) is 1. The van der Waals surface area contributed by atoms with Gasteiger partial charge in [-0.3, -0.25) is 0 Å². The number of rotatable bonds is 5. The van der Waals surface area contributed by atoms with E-state index in [0.29, 0.717) is 18.3 Å². The van der Waals surface area contributed by atoms with E-state index in [2.05, 4.69) is 5.32 Å². The molecule has 1 aromatic carbocycles. The maximum Gasteiger partial charge on any atom is 0.422 e. The summed E-state index contributed by atoms with van der Waals surface area (Å²) in [6.07, 6.45) is -2.31. The van der Waals surface area contributed by atoms with Crippen molar-refractivity contribution in [2.45, 2.75) is 19.0 Å². The molecule has 1 aliphatic heterocycles. The number of hydrogen-bond donors (Lipinski definition) is 1. The normalized spacial score (nSPS) is 16.1. The SMILES string of the molecule is Cl.FC(F)(F)COc1ccccc1OCC1CCNCC1. The zero-order chi connectivity index (χ0) is 14.4. The zero-order valence-corrected chi connectivity index (χ0v) is 12.3. The lowest BCUT2D eigenvalue weighted by atomic mass is 9.99. The number of para-hydroxylation sites is 2. The van der Waals surface area contributed by atoms with Gasteiger partial charge < -0.3 is 14.8 Å². The fourth-order valence-electron chi connectivity index (χ4n) is 2.10. The van der Waals surface area contributed by atoms with Gasteiger partial charge in [-0.2, -0.15) is 13.2 Å². The maximum absolute atomic E-state index is 12.2. The first-order chi connectivity index (χ1) is 9.54. The highest BCUT2D eigenvalue weighted by Crippen LogP contribution is 2.29. The number of benzene rings is 1. The third kappa shape index (κ3) is 6.44. The van der Waals surface area contributed by atoms with E-state index in [-0.39, 0.29) is 18.2 Å². The Morgan fingerprint density at radius 1 is 1.05 bits per heavy atom. The number of hydrogen-bond acceptors (Lipinski definition) is 3. The van der Waals surface area contributed by atoms with Gasteiger partial charge in [-0.1, -0.05) is 12.1 Å². The first-order valence-electron chi connectivity index (χ1n) is 6.67. The molecule has 1 heterocycles. The van der Waals surface area contributed by atoms with Crippen molar-refractivity contribution in [3.05, 3.63) is 24.3 Å². The van der Waals surface area contributed by atoms with Crippen LogP contribution in [0.25, 0.3) is 0 Å². The van der Waals surface area contributed by atoms with E-state index in [4.69, 9.17) is 9.47 Å². The Morgan fingerprint density at radius 2 is 1.62 bits per heavy atom. The molecule has 3 nitrogen and oxygen atoms in total. The molecule has 1 aromatic rings. The Bertz CT molecular complexity index is 423. The Kier molecular flexibility index (Phi) is 7.11. The molecule has 1 aliphatic rings. The van der Waals surface area contributed by atoms with Crippen molar-refractivity contribution in [2.75, 3.05) is 26.3 Å². The molecular formula is C14H19ClF3NO2. The van der Waals surface area contributed by atoms with E-state index >= 15 is 0 Å². The smallest absolute Gasteiger partial charge is 0.422 e. The van der Waals surface area contributed by atoms with Crippen molar-refractivity contribution in [1.82, 2.24) is 5.32 Å². The molecule has 0 atom stereocenters. The second-order valence-corrected chi connectivity index (χ2v) is 4.85. The highest BCUT2D eigenvalue weighted by Gasteiger charge is 2.29. The summed E-state index contributed by atoms with van der Waals surface area (Å²) in [7, 11) is 0. The van der Waals surface area contributed by atoms with Crippen molar-refractivity contribution >= 4 is 12.4 Å². The summed E-state index contributed by atoms with van der Waals surface area (Å²) in [5.74, 6) is 0.945. The van der Waals surface area contributed by atoms with Crippen molar-refractivity contribution in [2.24, 2.45) is 5.92 Å². The minimum absolute atomic E-state index is 0. The molecule has 0 spiro atoms. The first kappa shape index (κ1) is 17.9. The highest BCUT2D eigenvalue weighted by atomic mass is 35.5. The van der Waals surface area contributed by atoms with Crippen LogP contribution in [0, 0.1) is 5.92 Å². The van der Waals surface area contributed by atoms with Gasteiger partial charge in [0.05, 0.1) is 6.61 Å². The summed E-state index contributed by atoms with van der Waals surface area (Å²) < 4.78 is 46.9. The number of piperidine rings is 1. The molecule has 0 aromatic heterocycles. The Morgan fingerprint density at radius 3 is 2.19 bits per heavy atom. The molecule has 0 unspecified atom stereocenters. The monoisotopic (exact) mass is 325 g/mol. The minimum Gasteiger partial charge on any atom is -0.489 e. The summed E-state index contributed by atoms with van der Waals surface area (Å²) >= 11 is 0. The molecule has 0 aliphatic carbocycles. The summed E-state index contributed by atoms with van der Waals surface area (Å²) in [5, 5.41) is 3.26. The summed E-state index contributed by atoms with van der Waals surface area (Å²) in [4.78, 5) is 0. The van der Waals surface area contributed by atoms with E-state index in [0.717, 1.165) is 25.9 Å². The molecule has 1 fully saturated rings. The molecule has 21 heavy (non-hydrogen) atoms. The number of alkyl halides is 3. The van der Waals surface area contributed by atoms with Crippen LogP contribution < -0.4 is 14.8 Å². The van der Waals surface area contributed by atoms with Crippen molar-refractivity contribution in [3.63, 3.8) is 0 Å². The van der Waals surface area contributed by atoms with E-state index < -0.39 is 12.8 Å². The van der Waals surface area contributed by atoms with Crippen molar-refractivity contribution in [1.29, 1.82) is 0 Å². The maximum atomic E-state index is 12.2. The molecule has 2 rings (SSSR count). The number of halogens is 4. The third-order valence-electron chi connectivity index (χ3n) is 3.17. The summed E-state index contributed by atoms with van der Waals surface area (Å²) in [6.45, 7) is 1.12. The fraction of sp³-hybridized carbons (Fsp3) is 0.571. The van der Waals surface area contributed by atoms with Gasteiger partial charge in [-0.05, 0) is 44.0 Å². The average Bonchev–Trinajstić information content (AvgIpc) is 2.44. The molecule has 7 heteroatoms. The fourth-order valence-corrected chi connectivity index (χ4v) is 2.10. The van der Waals surface area contributed by atoms with Gasteiger partial charge in [0.1, 0.15) is 0 Å². The van der Waals surface area contributed by atoms with Gasteiger partial charge in [-0.25, -0.2) is 0 Å². The molecule has 0 radical (unpaired) electrons. The molecule has 0 saturated carbocycles. The minimum atomic E-state index is -4.35. The predicted molar refractivity (Wildman–Crippen MR) is 76.3 cm³/mol. The Balaban J connectivity index is 0.00000220. The zero-order valence-electron chi connectivity index (χ0n) is 11.5. The Hall–Kier alpha value is -1.14. The summed E-state index contributed by atoms with van der Waals surface area (Å²) in [5.41, 5.74) is 0. The molecule has 0 bridgehead atoms. The van der Waals surface area contributed by atoms with Crippen molar-refractivity contribution < 1.29 is 22.6 Å². The largest absolute Gasteiger partial charge is 0.489 e. The predicted octanol–water partition coefficient (Wildman–Crippen LogP) is 3.43. The van der Waals surface area contributed by atoms with Crippen LogP contribution in [0.5, 0.6) is 11.5 Å². The molecule has 1 saturated heterocycles. The van der Waals surface area contributed by atoms with E-state index in [9.17, 15) is 13.2 Å². The third-order valence-corrected chi connectivity index (χ3v) is 3.17. The van der Waals surface area contributed by atoms with Crippen LogP contribution in [0.15, 0.2) is 24.3 Å². The lowest BCUT2D eigenvalue weighted by Gasteiger charge is -2.23. The van der Waals surface area contributed by atoms with Gasteiger partial charge in [0.15, 0.2) is 18.1 Å². The van der Waals surface area contributed by atoms with Crippen LogP contribution in [0.3, 0.4) is 0 Å². The van der Waals surface area contributed by atoms with E-state index in [1.54, 1.807) is 18.2 Å². The average molecular weight is 326 g/mol. The molecule has 120 valence electrons. The van der Waals surface area contributed by atoms with E-state index in [1.807, 2.05) is 0 Å². The van der Waals surface area contributed by atoms with Crippen LogP contribution in [-0.4, -0.2) is 32.5 Å². The van der Waals surface area contributed by atoms with E-state index in [1.165, 1.54) is 6.07 Å². The topological polar surface area (TPSA) is 30.5 Å². The molecule has 0 amide bonds. The standard InChI is InChI=1S/C14H18F3NO2.ClH/c15-14(16,17)10-20-13-4-2-1-3-12(13)19-9-11-5-7-18-8-6-11;/h1-4,11,18H,5-10H2;1H. The van der Waals surface area contributed by atoms with Gasteiger partial charge in [-0.15, -0.1) is 12.4 Å². The Labute approximate surface area is 128 Å². The van der Waals surface area contributed by atoms with Gasteiger partial charge >= 0.3 is 6.18 Å². The lowest BCUT2D eigenvalue weighted by Crippen LogP contribution is -2.30. The van der Waals surface area contributed by atoms with Gasteiger partial charge in [0, 0.05) is 0 Å². The second kappa shape index (κ2) is 8.34. The molecular weight excluding hydrogens is 307 g/mol. The number of ether oxygens (including phenoxy) is 2. The second-order valence-electron chi connectivity index (χ2n) is 4.85. The quantitative estimate of drug-likeness (QED) is 0.899. The lowest BCUT2D eigenvalue weighted by molar-refractivity contribution is -0.153. The van der Waals surface area contributed by atoms with Crippen LogP contribution in [0.2, 0.25) is 0 Å².